The highest BCUT2D eigenvalue weighted by Gasteiger charge is 2.23. The van der Waals surface area contributed by atoms with E-state index < -0.39 is 17.7 Å². The normalized spacial score (nSPS) is 12.6. The monoisotopic (exact) mass is 437 g/mol. The third-order valence-electron chi connectivity index (χ3n) is 6.02. The lowest BCUT2D eigenvalue weighted by atomic mass is 10.0. The molecular formula is C26H17F2N5. The Kier molecular flexibility index (Phi) is 4.36. The molecule has 160 valence electrons. The minimum atomic E-state index is -0.698. The maximum Gasteiger partial charge on any atom is 0.197 e. The highest BCUT2D eigenvalue weighted by molar-refractivity contribution is 5.96. The molecule has 3 aromatic carbocycles. The zero-order chi connectivity index (χ0) is 22.5. The second-order valence-electron chi connectivity index (χ2n) is 7.91. The summed E-state index contributed by atoms with van der Waals surface area (Å²) in [5.74, 6) is -1.29. The van der Waals surface area contributed by atoms with Crippen LogP contribution in [0.4, 0.5) is 8.78 Å². The smallest absolute Gasteiger partial charge is 0.197 e. The molecule has 0 aliphatic carbocycles. The first-order valence-corrected chi connectivity index (χ1v) is 10.5. The van der Waals surface area contributed by atoms with Crippen LogP contribution in [0.3, 0.4) is 0 Å². The molecule has 0 aliphatic heterocycles. The number of aromatic nitrogens is 5. The second-order valence-corrected chi connectivity index (χ2v) is 7.91. The van der Waals surface area contributed by atoms with Gasteiger partial charge >= 0.3 is 0 Å². The standard InChI is InChI=1S/C26H17F2N5/c1-15(23-20(27)12-21-19(24(23)28)10-5-11-29-21)33-14-31-25-26(33)32-22(13-30-25)18-9-4-7-16-6-2-3-8-17(16)18/h2-15H,1H3. The Morgan fingerprint density at radius 3 is 2.61 bits per heavy atom. The summed E-state index contributed by atoms with van der Waals surface area (Å²) in [6.07, 6.45) is 4.71. The van der Waals surface area contributed by atoms with Gasteiger partial charge in [-0.25, -0.2) is 23.7 Å². The molecule has 7 heteroatoms. The largest absolute Gasteiger partial charge is 0.306 e. The number of nitrogens with zero attached hydrogens (tertiary/aromatic N) is 5. The van der Waals surface area contributed by atoms with Crippen LogP contribution in [0.25, 0.3) is 44.2 Å². The number of halogens is 2. The van der Waals surface area contributed by atoms with Crippen LogP contribution >= 0.6 is 0 Å². The number of hydrogen-bond donors (Lipinski definition) is 0. The van der Waals surface area contributed by atoms with E-state index in [1.54, 1.807) is 29.8 Å². The van der Waals surface area contributed by atoms with Gasteiger partial charge in [-0.15, -0.1) is 0 Å². The van der Waals surface area contributed by atoms with Gasteiger partial charge in [0.15, 0.2) is 11.3 Å². The zero-order valence-electron chi connectivity index (χ0n) is 17.6. The molecule has 1 atom stereocenters. The lowest BCUT2D eigenvalue weighted by molar-refractivity contribution is 0.517. The average molecular weight is 437 g/mol. The number of fused-ring (bicyclic) bond motifs is 3. The van der Waals surface area contributed by atoms with Gasteiger partial charge in [-0.1, -0.05) is 42.5 Å². The summed E-state index contributed by atoms with van der Waals surface area (Å²) in [5.41, 5.74) is 2.67. The number of imidazole rings is 1. The van der Waals surface area contributed by atoms with Crippen molar-refractivity contribution in [1.82, 2.24) is 24.5 Å². The van der Waals surface area contributed by atoms with Crippen molar-refractivity contribution in [2.75, 3.05) is 0 Å². The molecular weight excluding hydrogens is 420 g/mol. The minimum Gasteiger partial charge on any atom is -0.306 e. The fraction of sp³-hybridized carbons (Fsp3) is 0.0769. The topological polar surface area (TPSA) is 56.5 Å². The molecule has 3 heterocycles. The SMILES string of the molecule is CC(c1c(F)cc2ncccc2c1F)n1cnc2ncc(-c3cccc4ccccc34)nc21. The average Bonchev–Trinajstić information content (AvgIpc) is 3.27. The van der Waals surface area contributed by atoms with Crippen LogP contribution in [-0.4, -0.2) is 24.5 Å². The molecule has 6 aromatic rings. The van der Waals surface area contributed by atoms with Crippen LogP contribution in [0.1, 0.15) is 18.5 Å². The molecule has 0 saturated heterocycles. The van der Waals surface area contributed by atoms with E-state index >= 15 is 4.39 Å². The van der Waals surface area contributed by atoms with Crippen LogP contribution in [0.2, 0.25) is 0 Å². The van der Waals surface area contributed by atoms with Crippen molar-refractivity contribution < 1.29 is 8.78 Å². The van der Waals surface area contributed by atoms with Crippen LogP contribution in [0.15, 0.2) is 79.4 Å². The van der Waals surface area contributed by atoms with Crippen molar-refractivity contribution in [3.8, 4) is 11.3 Å². The summed E-state index contributed by atoms with van der Waals surface area (Å²) in [5, 5.41) is 2.41. The van der Waals surface area contributed by atoms with Gasteiger partial charge in [0.25, 0.3) is 0 Å². The number of rotatable bonds is 3. The molecule has 5 nitrogen and oxygen atoms in total. The predicted octanol–water partition coefficient (Wildman–Crippen LogP) is 6.08. The van der Waals surface area contributed by atoms with E-state index in [1.807, 2.05) is 42.5 Å². The van der Waals surface area contributed by atoms with E-state index in [9.17, 15) is 4.39 Å². The quantitative estimate of drug-likeness (QED) is 0.337. The van der Waals surface area contributed by atoms with E-state index in [-0.39, 0.29) is 16.5 Å². The molecule has 0 spiro atoms. The highest BCUT2D eigenvalue weighted by Crippen LogP contribution is 2.32. The van der Waals surface area contributed by atoms with Crippen LogP contribution in [0.5, 0.6) is 0 Å². The van der Waals surface area contributed by atoms with Crippen LogP contribution in [-0.2, 0) is 0 Å². The Labute approximate surface area is 187 Å². The Bertz CT molecular complexity index is 1670. The Morgan fingerprint density at radius 2 is 1.70 bits per heavy atom. The molecule has 0 radical (unpaired) electrons. The summed E-state index contributed by atoms with van der Waals surface area (Å²) in [7, 11) is 0. The molecule has 3 aromatic heterocycles. The Morgan fingerprint density at radius 1 is 0.879 bits per heavy atom. The van der Waals surface area contributed by atoms with Gasteiger partial charge in [-0.3, -0.25) is 4.98 Å². The summed E-state index contributed by atoms with van der Waals surface area (Å²) < 4.78 is 32.0. The second kappa shape index (κ2) is 7.41. The van der Waals surface area contributed by atoms with Crippen LogP contribution in [0, 0.1) is 11.6 Å². The molecule has 0 N–H and O–H groups in total. The lowest BCUT2D eigenvalue weighted by Crippen LogP contribution is -2.11. The molecule has 0 aliphatic rings. The molecule has 0 amide bonds. The summed E-state index contributed by atoms with van der Waals surface area (Å²) >= 11 is 0. The lowest BCUT2D eigenvalue weighted by Gasteiger charge is -2.17. The molecule has 0 fully saturated rings. The summed E-state index contributed by atoms with van der Waals surface area (Å²) in [4.78, 5) is 17.6. The van der Waals surface area contributed by atoms with Crippen molar-refractivity contribution in [1.29, 1.82) is 0 Å². The van der Waals surface area contributed by atoms with E-state index in [4.69, 9.17) is 4.98 Å². The molecule has 0 saturated carbocycles. The maximum atomic E-state index is 15.3. The summed E-state index contributed by atoms with van der Waals surface area (Å²) in [6.45, 7) is 1.72. The van der Waals surface area contributed by atoms with Gasteiger partial charge in [0.05, 0.1) is 29.8 Å². The third-order valence-corrected chi connectivity index (χ3v) is 6.02. The number of hydrogen-bond acceptors (Lipinski definition) is 4. The number of pyridine rings is 1. The van der Waals surface area contributed by atoms with E-state index in [1.165, 1.54) is 18.6 Å². The first-order valence-electron chi connectivity index (χ1n) is 10.5. The molecule has 6 rings (SSSR count). The Balaban J connectivity index is 1.52. The van der Waals surface area contributed by atoms with Crippen molar-refractivity contribution in [3.05, 3.63) is 96.6 Å². The number of benzene rings is 3. The molecule has 1 unspecified atom stereocenters. The fourth-order valence-electron chi connectivity index (χ4n) is 4.36. The minimum absolute atomic E-state index is 0.0628. The highest BCUT2D eigenvalue weighted by atomic mass is 19.1. The zero-order valence-corrected chi connectivity index (χ0v) is 17.6. The summed E-state index contributed by atoms with van der Waals surface area (Å²) in [6, 6.07) is 17.8. The van der Waals surface area contributed by atoms with Gasteiger partial charge in [0.2, 0.25) is 0 Å². The van der Waals surface area contributed by atoms with Gasteiger partial charge in [0, 0.05) is 28.8 Å². The maximum absolute atomic E-state index is 15.3. The first-order chi connectivity index (χ1) is 16.1. The van der Waals surface area contributed by atoms with E-state index in [0.717, 1.165) is 16.3 Å². The predicted molar refractivity (Wildman–Crippen MR) is 124 cm³/mol. The molecule has 33 heavy (non-hydrogen) atoms. The third kappa shape index (κ3) is 3.04. The van der Waals surface area contributed by atoms with Crippen molar-refractivity contribution in [2.45, 2.75) is 13.0 Å². The van der Waals surface area contributed by atoms with Gasteiger partial charge in [-0.05, 0) is 29.8 Å². The van der Waals surface area contributed by atoms with E-state index in [0.29, 0.717) is 17.0 Å². The first kappa shape index (κ1) is 19.4. The Hall–Kier alpha value is -4.26. The van der Waals surface area contributed by atoms with Crippen molar-refractivity contribution >= 4 is 33.0 Å². The molecule has 0 bridgehead atoms. The van der Waals surface area contributed by atoms with Gasteiger partial charge in [-0.2, -0.15) is 0 Å². The fourth-order valence-corrected chi connectivity index (χ4v) is 4.36. The van der Waals surface area contributed by atoms with Crippen molar-refractivity contribution in [3.63, 3.8) is 0 Å². The van der Waals surface area contributed by atoms with E-state index in [2.05, 4.69) is 15.0 Å². The van der Waals surface area contributed by atoms with Crippen LogP contribution < -0.4 is 0 Å². The van der Waals surface area contributed by atoms with Gasteiger partial charge < -0.3 is 4.57 Å². The van der Waals surface area contributed by atoms with Gasteiger partial charge in [0.1, 0.15) is 11.6 Å². The van der Waals surface area contributed by atoms with Crippen molar-refractivity contribution in [2.24, 2.45) is 0 Å².